The second kappa shape index (κ2) is 4.92. The molecule has 4 nitrogen and oxygen atoms in total. The lowest BCUT2D eigenvalue weighted by atomic mass is 10.2. The predicted molar refractivity (Wildman–Crippen MR) is 61.4 cm³/mol. The molecule has 1 aromatic heterocycles. The minimum absolute atomic E-state index is 0.277. The molecule has 0 radical (unpaired) electrons. The molecular weight excluding hydrogens is 226 g/mol. The second-order valence-corrected chi connectivity index (χ2v) is 3.46. The van der Waals surface area contributed by atoms with Gasteiger partial charge in [0.25, 0.3) is 0 Å². The highest BCUT2D eigenvalue weighted by Crippen LogP contribution is 2.28. The Hall–Kier alpha value is -1.65. The van der Waals surface area contributed by atoms with Gasteiger partial charge in [-0.1, -0.05) is 17.7 Å². The summed E-state index contributed by atoms with van der Waals surface area (Å²) in [5.41, 5.74) is 6.35. The van der Waals surface area contributed by atoms with Gasteiger partial charge in [-0.3, -0.25) is 0 Å². The number of benzene rings is 1. The highest BCUT2D eigenvalue weighted by Gasteiger charge is 2.08. The van der Waals surface area contributed by atoms with E-state index in [2.05, 4.69) is 9.97 Å². The van der Waals surface area contributed by atoms with Crippen molar-refractivity contribution in [3.63, 3.8) is 0 Å². The molecule has 0 bridgehead atoms. The molecule has 0 fully saturated rings. The van der Waals surface area contributed by atoms with Crippen LogP contribution in [0.25, 0.3) is 0 Å². The monoisotopic (exact) mass is 235 g/mol. The number of hydrogen-bond acceptors (Lipinski definition) is 4. The van der Waals surface area contributed by atoms with Gasteiger partial charge in [0.05, 0.1) is 0 Å². The molecule has 0 amide bonds. The minimum atomic E-state index is 0.277. The van der Waals surface area contributed by atoms with Crippen LogP contribution in [0.4, 0.5) is 0 Å². The molecule has 1 heterocycles. The van der Waals surface area contributed by atoms with Gasteiger partial charge in [-0.2, -0.15) is 0 Å². The molecule has 2 rings (SSSR count). The maximum Gasteiger partial charge on any atom is 0.321 e. The Morgan fingerprint density at radius 3 is 2.62 bits per heavy atom. The first kappa shape index (κ1) is 10.9. The standard InChI is InChI=1S/C11H10ClN3O/c12-9-3-1-4-10(8(9)7-13)16-11-14-5-2-6-15-11/h1-6H,7,13H2. The fourth-order valence-corrected chi connectivity index (χ4v) is 1.51. The molecule has 0 aliphatic heterocycles. The summed E-state index contributed by atoms with van der Waals surface area (Å²) in [6.07, 6.45) is 3.21. The molecule has 0 unspecified atom stereocenters. The second-order valence-electron chi connectivity index (χ2n) is 3.05. The fraction of sp³-hybridized carbons (Fsp3) is 0.0909. The molecule has 82 valence electrons. The van der Waals surface area contributed by atoms with E-state index in [-0.39, 0.29) is 6.01 Å². The zero-order valence-corrected chi connectivity index (χ0v) is 9.19. The van der Waals surface area contributed by atoms with E-state index in [1.165, 1.54) is 0 Å². The largest absolute Gasteiger partial charge is 0.424 e. The number of rotatable bonds is 3. The third-order valence-electron chi connectivity index (χ3n) is 2.02. The first-order chi connectivity index (χ1) is 7.81. The van der Waals surface area contributed by atoms with Crippen LogP contribution in [-0.4, -0.2) is 9.97 Å². The minimum Gasteiger partial charge on any atom is -0.424 e. The first-order valence-electron chi connectivity index (χ1n) is 4.73. The Balaban J connectivity index is 2.31. The first-order valence-corrected chi connectivity index (χ1v) is 5.11. The summed E-state index contributed by atoms with van der Waals surface area (Å²) in [6, 6.07) is 7.33. The number of nitrogens with zero attached hydrogens (tertiary/aromatic N) is 2. The van der Waals surface area contributed by atoms with Crippen LogP contribution in [-0.2, 0) is 6.54 Å². The van der Waals surface area contributed by atoms with Crippen LogP contribution in [0.15, 0.2) is 36.7 Å². The lowest BCUT2D eigenvalue weighted by Gasteiger charge is -2.09. The van der Waals surface area contributed by atoms with Gasteiger partial charge < -0.3 is 10.5 Å². The Kier molecular flexibility index (Phi) is 3.34. The predicted octanol–water partition coefficient (Wildman–Crippen LogP) is 2.38. The summed E-state index contributed by atoms with van der Waals surface area (Å²) in [4.78, 5) is 7.92. The molecule has 1 aromatic carbocycles. The van der Waals surface area contributed by atoms with E-state index in [0.717, 1.165) is 5.56 Å². The fourth-order valence-electron chi connectivity index (χ4n) is 1.27. The Morgan fingerprint density at radius 2 is 1.94 bits per heavy atom. The van der Waals surface area contributed by atoms with Gasteiger partial charge in [-0.25, -0.2) is 9.97 Å². The Labute approximate surface area is 98.0 Å². The van der Waals surface area contributed by atoms with Crippen molar-refractivity contribution >= 4 is 11.6 Å². The average molecular weight is 236 g/mol. The molecule has 2 N–H and O–H groups in total. The van der Waals surface area contributed by atoms with Gasteiger partial charge >= 0.3 is 6.01 Å². The highest BCUT2D eigenvalue weighted by atomic mass is 35.5. The lowest BCUT2D eigenvalue weighted by molar-refractivity contribution is 0.437. The van der Waals surface area contributed by atoms with Crippen LogP contribution in [0.1, 0.15) is 5.56 Å². The number of aromatic nitrogens is 2. The molecule has 2 aromatic rings. The van der Waals surface area contributed by atoms with Crippen LogP contribution >= 0.6 is 11.6 Å². The topological polar surface area (TPSA) is 61.0 Å². The van der Waals surface area contributed by atoms with E-state index < -0.39 is 0 Å². The lowest BCUT2D eigenvalue weighted by Crippen LogP contribution is -2.01. The van der Waals surface area contributed by atoms with Gasteiger partial charge in [-0.15, -0.1) is 0 Å². The van der Waals surface area contributed by atoms with Crippen molar-refractivity contribution in [1.29, 1.82) is 0 Å². The van der Waals surface area contributed by atoms with Crippen molar-refractivity contribution in [3.05, 3.63) is 47.2 Å². The van der Waals surface area contributed by atoms with E-state index in [4.69, 9.17) is 22.1 Å². The van der Waals surface area contributed by atoms with Crippen LogP contribution in [0.2, 0.25) is 5.02 Å². The van der Waals surface area contributed by atoms with Crippen molar-refractivity contribution < 1.29 is 4.74 Å². The molecule has 5 heteroatoms. The van der Waals surface area contributed by atoms with E-state index in [1.54, 1.807) is 36.7 Å². The van der Waals surface area contributed by atoms with Crippen molar-refractivity contribution in [3.8, 4) is 11.8 Å². The normalized spacial score (nSPS) is 10.1. The van der Waals surface area contributed by atoms with Crippen molar-refractivity contribution in [2.75, 3.05) is 0 Å². The molecule has 0 aliphatic carbocycles. The van der Waals surface area contributed by atoms with Crippen LogP contribution in [0.3, 0.4) is 0 Å². The number of hydrogen-bond donors (Lipinski definition) is 1. The molecule has 0 saturated heterocycles. The summed E-state index contributed by atoms with van der Waals surface area (Å²) in [6.45, 7) is 0.307. The van der Waals surface area contributed by atoms with E-state index in [9.17, 15) is 0 Å². The maximum absolute atomic E-state index is 5.99. The van der Waals surface area contributed by atoms with E-state index >= 15 is 0 Å². The molecule has 0 spiro atoms. The SMILES string of the molecule is NCc1c(Cl)cccc1Oc1ncccn1. The Bertz CT molecular complexity index is 476. The summed E-state index contributed by atoms with van der Waals surface area (Å²) in [5, 5.41) is 0.580. The van der Waals surface area contributed by atoms with E-state index in [1.807, 2.05) is 0 Å². The van der Waals surface area contributed by atoms with Crippen molar-refractivity contribution in [1.82, 2.24) is 9.97 Å². The third-order valence-corrected chi connectivity index (χ3v) is 2.38. The Morgan fingerprint density at radius 1 is 1.19 bits per heavy atom. The van der Waals surface area contributed by atoms with E-state index in [0.29, 0.717) is 17.3 Å². The van der Waals surface area contributed by atoms with Gasteiger partial charge in [0.15, 0.2) is 0 Å². The molecular formula is C11H10ClN3O. The third kappa shape index (κ3) is 2.29. The molecule has 0 atom stereocenters. The molecule has 0 saturated carbocycles. The van der Waals surface area contributed by atoms with Crippen LogP contribution < -0.4 is 10.5 Å². The zero-order valence-electron chi connectivity index (χ0n) is 8.43. The molecule has 0 aliphatic rings. The summed E-state index contributed by atoms with van der Waals surface area (Å²) >= 11 is 5.99. The van der Waals surface area contributed by atoms with Gasteiger partial charge in [-0.05, 0) is 18.2 Å². The number of ether oxygens (including phenoxy) is 1. The van der Waals surface area contributed by atoms with Gasteiger partial charge in [0.2, 0.25) is 0 Å². The van der Waals surface area contributed by atoms with Crippen LogP contribution in [0.5, 0.6) is 11.8 Å². The average Bonchev–Trinajstić information content (AvgIpc) is 2.31. The summed E-state index contributed by atoms with van der Waals surface area (Å²) in [5.74, 6) is 0.584. The number of nitrogens with two attached hydrogens (primary N) is 1. The molecule has 16 heavy (non-hydrogen) atoms. The maximum atomic E-state index is 5.99. The number of halogens is 1. The van der Waals surface area contributed by atoms with Crippen molar-refractivity contribution in [2.45, 2.75) is 6.54 Å². The summed E-state index contributed by atoms with van der Waals surface area (Å²) < 4.78 is 5.49. The summed E-state index contributed by atoms with van der Waals surface area (Å²) in [7, 11) is 0. The highest BCUT2D eigenvalue weighted by molar-refractivity contribution is 6.31. The zero-order chi connectivity index (χ0) is 11.4. The van der Waals surface area contributed by atoms with Gasteiger partial charge in [0, 0.05) is 29.5 Å². The van der Waals surface area contributed by atoms with Crippen LogP contribution in [0, 0.1) is 0 Å². The van der Waals surface area contributed by atoms with Gasteiger partial charge in [0.1, 0.15) is 5.75 Å². The van der Waals surface area contributed by atoms with Crippen molar-refractivity contribution in [2.24, 2.45) is 5.73 Å². The smallest absolute Gasteiger partial charge is 0.321 e. The quantitative estimate of drug-likeness (QED) is 0.887.